The fourth-order valence-electron chi connectivity index (χ4n) is 8.23. The molecule has 11 rings (SSSR count). The molecule has 0 saturated carbocycles. The minimum atomic E-state index is 0.865. The van der Waals surface area contributed by atoms with E-state index in [0.29, 0.717) is 0 Å². The molecule has 11 aromatic rings. The number of para-hydroxylation sites is 1. The van der Waals surface area contributed by atoms with Crippen LogP contribution >= 0.6 is 0 Å². The molecule has 3 heteroatoms. The Morgan fingerprint density at radius 1 is 0.291 bits per heavy atom. The number of fused-ring (bicyclic) bond motifs is 8. The van der Waals surface area contributed by atoms with Crippen LogP contribution in [0.5, 0.6) is 0 Å². The average molecular weight is 704 g/mol. The van der Waals surface area contributed by atoms with Gasteiger partial charge in [-0.05, 0) is 105 Å². The van der Waals surface area contributed by atoms with Crippen molar-refractivity contribution in [3.05, 3.63) is 200 Å². The highest BCUT2D eigenvalue weighted by molar-refractivity contribution is 6.23. The summed E-state index contributed by atoms with van der Waals surface area (Å²) in [5.41, 5.74) is 13.7. The van der Waals surface area contributed by atoms with Gasteiger partial charge in [0.1, 0.15) is 22.3 Å². The average Bonchev–Trinajstić information content (AvgIpc) is 3.83. The normalized spacial score (nSPS) is 11.6. The molecule has 0 radical (unpaired) electrons. The molecular formula is C52H33NO2. The molecule has 55 heavy (non-hydrogen) atoms. The first-order valence-electron chi connectivity index (χ1n) is 18.7. The number of nitrogens with zero attached hydrogens (tertiary/aromatic N) is 1. The molecule has 0 spiro atoms. The Morgan fingerprint density at radius 3 is 1.73 bits per heavy atom. The van der Waals surface area contributed by atoms with E-state index >= 15 is 0 Å². The first-order valence-corrected chi connectivity index (χ1v) is 18.7. The smallest absolute Gasteiger partial charge is 0.137 e. The maximum absolute atomic E-state index is 6.46. The van der Waals surface area contributed by atoms with E-state index in [-0.39, 0.29) is 0 Å². The number of hydrogen-bond acceptors (Lipinski definition) is 3. The van der Waals surface area contributed by atoms with Crippen LogP contribution in [-0.2, 0) is 0 Å². The van der Waals surface area contributed by atoms with E-state index in [1.807, 2.05) is 12.1 Å². The molecule has 0 N–H and O–H groups in total. The summed E-state index contributed by atoms with van der Waals surface area (Å²) in [6.45, 7) is 0. The van der Waals surface area contributed by atoms with Crippen molar-refractivity contribution >= 4 is 71.7 Å². The van der Waals surface area contributed by atoms with Gasteiger partial charge in [0, 0.05) is 44.7 Å². The van der Waals surface area contributed by atoms with Crippen LogP contribution in [0.2, 0.25) is 0 Å². The monoisotopic (exact) mass is 703 g/mol. The van der Waals surface area contributed by atoms with E-state index in [9.17, 15) is 0 Å². The van der Waals surface area contributed by atoms with Crippen LogP contribution in [0.15, 0.2) is 209 Å². The molecule has 2 heterocycles. The zero-order chi connectivity index (χ0) is 36.3. The van der Waals surface area contributed by atoms with Gasteiger partial charge >= 0.3 is 0 Å². The molecule has 2 aromatic heterocycles. The van der Waals surface area contributed by atoms with Crippen molar-refractivity contribution in [3.8, 4) is 33.4 Å². The van der Waals surface area contributed by atoms with Crippen molar-refractivity contribution in [2.24, 2.45) is 0 Å². The van der Waals surface area contributed by atoms with Gasteiger partial charge in [0.05, 0.1) is 0 Å². The highest BCUT2D eigenvalue weighted by atomic mass is 16.3. The summed E-state index contributed by atoms with van der Waals surface area (Å²) < 4.78 is 12.8. The third kappa shape index (κ3) is 5.28. The van der Waals surface area contributed by atoms with Gasteiger partial charge in [-0.1, -0.05) is 133 Å². The van der Waals surface area contributed by atoms with Crippen molar-refractivity contribution in [2.75, 3.05) is 4.90 Å². The molecule has 0 fully saturated rings. The highest BCUT2D eigenvalue weighted by Crippen LogP contribution is 2.43. The van der Waals surface area contributed by atoms with Gasteiger partial charge in [0.2, 0.25) is 0 Å². The minimum absolute atomic E-state index is 0.865. The molecule has 0 aliphatic heterocycles. The molecule has 0 aliphatic rings. The van der Waals surface area contributed by atoms with Crippen molar-refractivity contribution in [1.29, 1.82) is 0 Å². The number of hydrogen-bond donors (Lipinski definition) is 0. The molecule has 0 amide bonds. The summed E-state index contributed by atoms with van der Waals surface area (Å²) in [5, 5.41) is 6.90. The first-order chi connectivity index (χ1) is 27.2. The van der Waals surface area contributed by atoms with Crippen LogP contribution in [0.1, 0.15) is 0 Å². The Hall–Kier alpha value is -7.36. The zero-order valence-corrected chi connectivity index (χ0v) is 29.8. The Morgan fingerprint density at radius 2 is 0.873 bits per heavy atom. The van der Waals surface area contributed by atoms with E-state index in [4.69, 9.17) is 8.83 Å². The molecule has 0 atom stereocenters. The maximum Gasteiger partial charge on any atom is 0.137 e. The Balaban J connectivity index is 1.04. The van der Waals surface area contributed by atoms with Gasteiger partial charge < -0.3 is 13.7 Å². The molecule has 0 saturated heterocycles. The summed E-state index contributed by atoms with van der Waals surface area (Å²) >= 11 is 0. The zero-order valence-electron chi connectivity index (χ0n) is 29.8. The van der Waals surface area contributed by atoms with Crippen LogP contribution in [-0.4, -0.2) is 0 Å². The summed E-state index contributed by atoms with van der Waals surface area (Å²) in [7, 11) is 0. The van der Waals surface area contributed by atoms with Crippen molar-refractivity contribution in [1.82, 2.24) is 0 Å². The maximum atomic E-state index is 6.46. The van der Waals surface area contributed by atoms with Gasteiger partial charge in [0.25, 0.3) is 0 Å². The number of benzene rings is 9. The van der Waals surface area contributed by atoms with Gasteiger partial charge in [-0.3, -0.25) is 0 Å². The Kier molecular flexibility index (Phi) is 7.17. The molecule has 258 valence electrons. The van der Waals surface area contributed by atoms with E-state index in [2.05, 4.69) is 193 Å². The summed E-state index contributed by atoms with van der Waals surface area (Å²) in [5.74, 6) is 0. The Bertz CT molecular complexity index is 3190. The van der Waals surface area contributed by atoms with Crippen molar-refractivity contribution in [3.63, 3.8) is 0 Å². The second-order valence-corrected chi connectivity index (χ2v) is 14.1. The molecule has 0 unspecified atom stereocenters. The summed E-state index contributed by atoms with van der Waals surface area (Å²) in [6, 6.07) is 70.9. The lowest BCUT2D eigenvalue weighted by Crippen LogP contribution is -2.10. The second kappa shape index (κ2) is 12.6. The topological polar surface area (TPSA) is 29.5 Å². The fourth-order valence-corrected chi connectivity index (χ4v) is 8.23. The lowest BCUT2D eigenvalue weighted by molar-refractivity contribution is 0.668. The van der Waals surface area contributed by atoms with Crippen LogP contribution in [0, 0.1) is 0 Å². The van der Waals surface area contributed by atoms with Crippen LogP contribution < -0.4 is 4.90 Å². The molecular weight excluding hydrogens is 671 g/mol. The fraction of sp³-hybridized carbons (Fsp3) is 0. The highest BCUT2D eigenvalue weighted by Gasteiger charge is 2.18. The molecule has 0 aliphatic carbocycles. The first kappa shape index (κ1) is 31.2. The standard InChI is InChI=1S/C52H33NO2/c1-3-11-34(12-4-1)38-15-9-16-41(31-38)53(42-28-29-45-44-17-7-8-19-47(44)54-50(45)33-42)40-26-23-35(24-27-40)39-22-21-37-25-30-49-52(46(37)32-39)51-43(18-10-20-48(51)55-49)36-13-5-2-6-14-36/h1-33H. The lowest BCUT2D eigenvalue weighted by atomic mass is 9.95. The van der Waals surface area contributed by atoms with Crippen molar-refractivity contribution in [2.45, 2.75) is 0 Å². The molecule has 9 aromatic carbocycles. The third-order valence-electron chi connectivity index (χ3n) is 10.9. The van der Waals surface area contributed by atoms with Crippen LogP contribution in [0.3, 0.4) is 0 Å². The predicted octanol–water partition coefficient (Wildman–Crippen LogP) is 15.1. The van der Waals surface area contributed by atoms with Gasteiger partial charge in [-0.15, -0.1) is 0 Å². The summed E-state index contributed by atoms with van der Waals surface area (Å²) in [4.78, 5) is 2.31. The van der Waals surface area contributed by atoms with Crippen LogP contribution in [0.25, 0.3) is 88.0 Å². The number of anilines is 3. The predicted molar refractivity (Wildman–Crippen MR) is 229 cm³/mol. The van der Waals surface area contributed by atoms with E-state index in [0.717, 1.165) is 77.6 Å². The van der Waals surface area contributed by atoms with E-state index < -0.39 is 0 Å². The van der Waals surface area contributed by atoms with E-state index in [1.165, 1.54) is 27.5 Å². The minimum Gasteiger partial charge on any atom is -0.456 e. The lowest BCUT2D eigenvalue weighted by Gasteiger charge is -2.26. The SMILES string of the molecule is c1ccc(-c2cccc(N(c3ccc(-c4ccc5ccc6oc7cccc(-c8ccccc8)c7c6c5c4)cc3)c3ccc4c(c3)oc3ccccc34)c2)cc1. The third-order valence-corrected chi connectivity index (χ3v) is 10.9. The Labute approximate surface area is 317 Å². The van der Waals surface area contributed by atoms with Crippen molar-refractivity contribution < 1.29 is 8.83 Å². The molecule has 3 nitrogen and oxygen atoms in total. The van der Waals surface area contributed by atoms with Gasteiger partial charge in [0.15, 0.2) is 0 Å². The van der Waals surface area contributed by atoms with Gasteiger partial charge in [-0.2, -0.15) is 0 Å². The summed E-state index contributed by atoms with van der Waals surface area (Å²) in [6.07, 6.45) is 0. The second-order valence-electron chi connectivity index (χ2n) is 14.1. The quantitative estimate of drug-likeness (QED) is 0.173. The number of furan rings is 2. The molecule has 0 bridgehead atoms. The van der Waals surface area contributed by atoms with Crippen LogP contribution in [0.4, 0.5) is 17.1 Å². The van der Waals surface area contributed by atoms with Gasteiger partial charge in [-0.25, -0.2) is 0 Å². The number of rotatable bonds is 6. The largest absolute Gasteiger partial charge is 0.456 e. The van der Waals surface area contributed by atoms with E-state index in [1.54, 1.807) is 0 Å².